The van der Waals surface area contributed by atoms with Gasteiger partial charge in [-0.2, -0.15) is 5.10 Å². The van der Waals surface area contributed by atoms with Gasteiger partial charge in [0, 0.05) is 6.54 Å². The van der Waals surface area contributed by atoms with E-state index in [4.69, 9.17) is 11.5 Å². The summed E-state index contributed by atoms with van der Waals surface area (Å²) in [6.07, 6.45) is 6.87. The van der Waals surface area contributed by atoms with Gasteiger partial charge < -0.3 is 10.4 Å². The van der Waals surface area contributed by atoms with Crippen LogP contribution in [0.5, 0.6) is 0 Å². The van der Waals surface area contributed by atoms with Crippen molar-refractivity contribution in [3.8, 4) is 12.3 Å². The molecule has 0 aromatic carbocycles. The standard InChI is InChI=1S/C11H14BrN3O2/c1-3-6-15-11(17)10(12)9(7-14-15)13-5-4-8(2)16/h1,7-8,13,16H,4-6H2,2H3. The molecule has 1 aromatic rings. The van der Waals surface area contributed by atoms with E-state index in [1.54, 1.807) is 6.92 Å². The molecule has 0 amide bonds. The molecule has 1 heterocycles. The Hall–Kier alpha value is -1.32. The summed E-state index contributed by atoms with van der Waals surface area (Å²) in [7, 11) is 0. The van der Waals surface area contributed by atoms with Gasteiger partial charge in [-0.3, -0.25) is 4.79 Å². The summed E-state index contributed by atoms with van der Waals surface area (Å²) in [6.45, 7) is 2.42. The Balaban J connectivity index is 2.79. The van der Waals surface area contributed by atoms with Crippen molar-refractivity contribution in [3.63, 3.8) is 0 Å². The zero-order valence-corrected chi connectivity index (χ0v) is 11.1. The summed E-state index contributed by atoms with van der Waals surface area (Å²) in [6, 6.07) is 0. The highest BCUT2D eigenvalue weighted by atomic mass is 79.9. The fourth-order valence-corrected chi connectivity index (χ4v) is 1.65. The van der Waals surface area contributed by atoms with Crippen LogP contribution in [0.15, 0.2) is 15.5 Å². The van der Waals surface area contributed by atoms with E-state index in [1.165, 1.54) is 10.9 Å². The van der Waals surface area contributed by atoms with Gasteiger partial charge >= 0.3 is 0 Å². The monoisotopic (exact) mass is 299 g/mol. The lowest BCUT2D eigenvalue weighted by Crippen LogP contribution is -2.24. The van der Waals surface area contributed by atoms with Gasteiger partial charge in [0.25, 0.3) is 5.56 Å². The second-order valence-electron chi connectivity index (χ2n) is 3.60. The van der Waals surface area contributed by atoms with E-state index in [0.29, 0.717) is 23.1 Å². The number of anilines is 1. The average molecular weight is 300 g/mol. The number of nitrogens with one attached hydrogen (secondary N) is 1. The second-order valence-corrected chi connectivity index (χ2v) is 4.40. The topological polar surface area (TPSA) is 67.2 Å². The van der Waals surface area contributed by atoms with Crippen LogP contribution in [0.3, 0.4) is 0 Å². The van der Waals surface area contributed by atoms with Crippen molar-refractivity contribution in [3.05, 3.63) is 21.0 Å². The van der Waals surface area contributed by atoms with E-state index in [1.807, 2.05) is 0 Å². The lowest BCUT2D eigenvalue weighted by Gasteiger charge is -2.10. The largest absolute Gasteiger partial charge is 0.393 e. The van der Waals surface area contributed by atoms with Gasteiger partial charge in [0.1, 0.15) is 11.0 Å². The molecule has 1 atom stereocenters. The lowest BCUT2D eigenvalue weighted by atomic mass is 10.3. The van der Waals surface area contributed by atoms with Crippen LogP contribution in [0.2, 0.25) is 0 Å². The molecule has 0 radical (unpaired) electrons. The molecule has 1 rings (SSSR count). The maximum Gasteiger partial charge on any atom is 0.284 e. The number of aliphatic hydroxyl groups excluding tert-OH is 1. The molecule has 0 saturated carbocycles. The van der Waals surface area contributed by atoms with Crippen LogP contribution < -0.4 is 10.9 Å². The normalized spacial score (nSPS) is 11.9. The predicted octanol–water partition coefficient (Wildman–Crippen LogP) is 0.822. The molecular formula is C11H14BrN3O2. The first-order valence-electron chi connectivity index (χ1n) is 5.17. The van der Waals surface area contributed by atoms with Crippen LogP contribution in [0.25, 0.3) is 0 Å². The summed E-state index contributed by atoms with van der Waals surface area (Å²) in [4.78, 5) is 11.7. The van der Waals surface area contributed by atoms with E-state index in [2.05, 4.69) is 32.3 Å². The van der Waals surface area contributed by atoms with Crippen LogP contribution in [0, 0.1) is 12.3 Å². The minimum atomic E-state index is -0.379. The Morgan fingerprint density at radius 2 is 2.47 bits per heavy atom. The molecule has 92 valence electrons. The molecule has 0 fully saturated rings. The molecule has 17 heavy (non-hydrogen) atoms. The molecule has 5 nitrogen and oxygen atoms in total. The van der Waals surface area contributed by atoms with Gasteiger partial charge in [-0.05, 0) is 29.3 Å². The minimum absolute atomic E-state index is 0.144. The molecule has 0 bridgehead atoms. The van der Waals surface area contributed by atoms with Gasteiger partial charge in [-0.1, -0.05) is 5.92 Å². The lowest BCUT2D eigenvalue weighted by molar-refractivity contribution is 0.188. The van der Waals surface area contributed by atoms with Gasteiger partial charge in [0.05, 0.1) is 18.0 Å². The van der Waals surface area contributed by atoms with E-state index in [9.17, 15) is 4.79 Å². The molecule has 0 spiro atoms. The van der Waals surface area contributed by atoms with Crippen molar-refractivity contribution < 1.29 is 5.11 Å². The van der Waals surface area contributed by atoms with Crippen molar-refractivity contribution in [2.45, 2.75) is 26.0 Å². The smallest absolute Gasteiger partial charge is 0.284 e. The second kappa shape index (κ2) is 6.42. The van der Waals surface area contributed by atoms with Gasteiger partial charge in [-0.25, -0.2) is 4.68 Å². The quantitative estimate of drug-likeness (QED) is 0.790. The number of aromatic nitrogens is 2. The summed E-state index contributed by atoms with van der Waals surface area (Å²) in [5.41, 5.74) is 0.328. The molecular weight excluding hydrogens is 286 g/mol. The number of nitrogens with zero attached hydrogens (tertiary/aromatic N) is 2. The third kappa shape index (κ3) is 3.88. The van der Waals surface area contributed by atoms with E-state index in [0.717, 1.165) is 0 Å². The zero-order valence-electron chi connectivity index (χ0n) is 9.48. The molecule has 2 N–H and O–H groups in total. The first-order chi connectivity index (χ1) is 8.06. The maximum absolute atomic E-state index is 11.7. The van der Waals surface area contributed by atoms with Crippen LogP contribution in [-0.2, 0) is 6.54 Å². The Morgan fingerprint density at radius 3 is 3.06 bits per heavy atom. The third-order valence-electron chi connectivity index (χ3n) is 2.10. The Labute approximate surface area is 108 Å². The van der Waals surface area contributed by atoms with Crippen LogP contribution >= 0.6 is 15.9 Å². The highest BCUT2D eigenvalue weighted by Crippen LogP contribution is 2.15. The van der Waals surface area contributed by atoms with E-state index < -0.39 is 0 Å². The summed E-state index contributed by atoms with van der Waals surface area (Å²) in [5, 5.41) is 16.1. The highest BCUT2D eigenvalue weighted by molar-refractivity contribution is 9.10. The Bertz CT molecular complexity index is 477. The SMILES string of the molecule is C#CCn1ncc(NCCC(C)O)c(Br)c1=O. The van der Waals surface area contributed by atoms with E-state index >= 15 is 0 Å². The van der Waals surface area contributed by atoms with Crippen LogP contribution in [0.4, 0.5) is 5.69 Å². The van der Waals surface area contributed by atoms with Crippen LogP contribution in [-0.4, -0.2) is 27.5 Å². The zero-order chi connectivity index (χ0) is 12.8. The fourth-order valence-electron chi connectivity index (χ4n) is 1.20. The Kier molecular flexibility index (Phi) is 5.19. The maximum atomic E-state index is 11.7. The van der Waals surface area contributed by atoms with Crippen molar-refractivity contribution in [1.82, 2.24) is 9.78 Å². The highest BCUT2D eigenvalue weighted by Gasteiger charge is 2.07. The number of rotatable bonds is 5. The summed E-state index contributed by atoms with van der Waals surface area (Å²) in [5.74, 6) is 2.36. The number of hydrogen-bond acceptors (Lipinski definition) is 4. The first kappa shape index (κ1) is 13.7. The fraction of sp³-hybridized carbons (Fsp3) is 0.455. The Morgan fingerprint density at radius 1 is 1.76 bits per heavy atom. The number of terminal acetylenes is 1. The van der Waals surface area contributed by atoms with Crippen molar-refractivity contribution in [2.24, 2.45) is 0 Å². The third-order valence-corrected chi connectivity index (χ3v) is 2.87. The van der Waals surface area contributed by atoms with Crippen LogP contribution in [0.1, 0.15) is 13.3 Å². The molecule has 0 aliphatic heterocycles. The predicted molar refractivity (Wildman–Crippen MR) is 69.8 cm³/mol. The van der Waals surface area contributed by atoms with Gasteiger partial charge in [0.2, 0.25) is 0 Å². The minimum Gasteiger partial charge on any atom is -0.393 e. The molecule has 1 unspecified atom stereocenters. The summed E-state index contributed by atoms with van der Waals surface area (Å²) < 4.78 is 1.59. The number of hydrogen-bond donors (Lipinski definition) is 2. The number of halogens is 1. The van der Waals surface area contributed by atoms with E-state index in [-0.39, 0.29) is 18.2 Å². The van der Waals surface area contributed by atoms with Gasteiger partial charge in [0.15, 0.2) is 0 Å². The van der Waals surface area contributed by atoms with Crippen molar-refractivity contribution >= 4 is 21.6 Å². The first-order valence-corrected chi connectivity index (χ1v) is 5.96. The molecule has 0 saturated heterocycles. The molecule has 1 aromatic heterocycles. The molecule has 0 aliphatic rings. The van der Waals surface area contributed by atoms with Crippen molar-refractivity contribution in [2.75, 3.05) is 11.9 Å². The molecule has 0 aliphatic carbocycles. The molecule has 6 heteroatoms. The number of aliphatic hydroxyl groups is 1. The average Bonchev–Trinajstić information content (AvgIpc) is 2.28. The van der Waals surface area contributed by atoms with Gasteiger partial charge in [-0.15, -0.1) is 6.42 Å². The summed E-state index contributed by atoms with van der Waals surface area (Å²) >= 11 is 3.20. The van der Waals surface area contributed by atoms with Crippen molar-refractivity contribution in [1.29, 1.82) is 0 Å².